The van der Waals surface area contributed by atoms with Crippen molar-refractivity contribution in [3.63, 3.8) is 0 Å². The number of nitrogens with zero attached hydrogens (tertiary/aromatic N) is 3. The summed E-state index contributed by atoms with van der Waals surface area (Å²) < 4.78 is 2.97. The fourth-order valence-electron chi connectivity index (χ4n) is 2.14. The van der Waals surface area contributed by atoms with Gasteiger partial charge in [-0.2, -0.15) is 5.10 Å². The molecule has 0 amide bonds. The van der Waals surface area contributed by atoms with Gasteiger partial charge >= 0.3 is 0 Å². The van der Waals surface area contributed by atoms with Crippen molar-refractivity contribution in [2.45, 2.75) is 26.3 Å². The minimum Gasteiger partial charge on any atom is -0.396 e. The standard InChI is InChI=1S/C14H18BrN3O/c1-2-18-14(16-10-17-18)8-11(9-19)7-12-5-3-4-6-13(12)15/h3-6,10-11,19H,2,7-9H2,1H3. The minimum absolute atomic E-state index is 0.151. The molecule has 0 aliphatic rings. The second-order valence-corrected chi connectivity index (χ2v) is 5.39. The Hall–Kier alpha value is -1.20. The van der Waals surface area contributed by atoms with Crippen LogP contribution in [0.2, 0.25) is 0 Å². The van der Waals surface area contributed by atoms with Crippen molar-refractivity contribution in [3.8, 4) is 0 Å². The summed E-state index contributed by atoms with van der Waals surface area (Å²) in [5, 5.41) is 13.7. The van der Waals surface area contributed by atoms with Crippen molar-refractivity contribution in [1.29, 1.82) is 0 Å². The third-order valence-corrected chi connectivity index (χ3v) is 3.96. The van der Waals surface area contributed by atoms with Crippen molar-refractivity contribution < 1.29 is 5.11 Å². The van der Waals surface area contributed by atoms with Gasteiger partial charge in [-0.1, -0.05) is 34.1 Å². The lowest BCUT2D eigenvalue weighted by molar-refractivity contribution is 0.221. The van der Waals surface area contributed by atoms with E-state index in [1.165, 1.54) is 5.56 Å². The van der Waals surface area contributed by atoms with Crippen LogP contribution < -0.4 is 0 Å². The Balaban J connectivity index is 2.07. The molecule has 0 saturated carbocycles. The molecule has 0 aliphatic carbocycles. The van der Waals surface area contributed by atoms with Crippen LogP contribution in [0.15, 0.2) is 35.1 Å². The molecule has 2 rings (SSSR count). The first-order valence-electron chi connectivity index (χ1n) is 6.45. The number of benzene rings is 1. The highest BCUT2D eigenvalue weighted by Gasteiger charge is 2.14. The number of rotatable bonds is 6. The zero-order valence-corrected chi connectivity index (χ0v) is 12.5. The predicted molar refractivity (Wildman–Crippen MR) is 77.8 cm³/mol. The summed E-state index contributed by atoms with van der Waals surface area (Å²) >= 11 is 3.55. The van der Waals surface area contributed by atoms with Crippen LogP contribution in [-0.4, -0.2) is 26.5 Å². The minimum atomic E-state index is 0.151. The first-order valence-corrected chi connectivity index (χ1v) is 7.24. The molecule has 1 unspecified atom stereocenters. The molecule has 0 radical (unpaired) electrons. The molecule has 5 heteroatoms. The molecule has 1 N–H and O–H groups in total. The van der Waals surface area contributed by atoms with E-state index in [1.54, 1.807) is 6.33 Å². The number of halogens is 1. The molecule has 1 aromatic carbocycles. The average Bonchev–Trinajstić information content (AvgIpc) is 2.87. The summed E-state index contributed by atoms with van der Waals surface area (Å²) in [6.07, 6.45) is 3.14. The van der Waals surface area contributed by atoms with E-state index in [0.717, 1.165) is 29.7 Å². The molecule has 1 atom stereocenters. The number of hydrogen-bond donors (Lipinski definition) is 1. The number of aromatic nitrogens is 3. The molecule has 0 spiro atoms. The highest BCUT2D eigenvalue weighted by Crippen LogP contribution is 2.21. The maximum Gasteiger partial charge on any atom is 0.138 e. The molecule has 102 valence electrons. The third kappa shape index (κ3) is 3.64. The van der Waals surface area contributed by atoms with Gasteiger partial charge in [0, 0.05) is 24.0 Å². The van der Waals surface area contributed by atoms with E-state index in [0.29, 0.717) is 0 Å². The van der Waals surface area contributed by atoms with Crippen molar-refractivity contribution in [1.82, 2.24) is 14.8 Å². The van der Waals surface area contributed by atoms with Crippen LogP contribution in [0.4, 0.5) is 0 Å². The number of aryl methyl sites for hydroxylation is 1. The monoisotopic (exact) mass is 323 g/mol. The van der Waals surface area contributed by atoms with Crippen LogP contribution >= 0.6 is 15.9 Å². The summed E-state index contributed by atoms with van der Waals surface area (Å²) in [6, 6.07) is 8.12. The zero-order valence-electron chi connectivity index (χ0n) is 11.0. The second-order valence-electron chi connectivity index (χ2n) is 4.54. The Morgan fingerprint density at radius 1 is 1.32 bits per heavy atom. The van der Waals surface area contributed by atoms with Gasteiger partial charge in [0.25, 0.3) is 0 Å². The SMILES string of the molecule is CCn1ncnc1CC(CO)Cc1ccccc1Br. The van der Waals surface area contributed by atoms with Gasteiger partial charge in [-0.15, -0.1) is 0 Å². The molecular weight excluding hydrogens is 306 g/mol. The van der Waals surface area contributed by atoms with Crippen LogP contribution in [0.5, 0.6) is 0 Å². The summed E-state index contributed by atoms with van der Waals surface area (Å²) in [4.78, 5) is 4.27. The van der Waals surface area contributed by atoms with Gasteiger partial charge in [-0.3, -0.25) is 4.68 Å². The van der Waals surface area contributed by atoms with Crippen LogP contribution in [0, 0.1) is 5.92 Å². The Morgan fingerprint density at radius 2 is 2.11 bits per heavy atom. The molecule has 4 nitrogen and oxygen atoms in total. The molecular formula is C14H18BrN3O. The Kier molecular flexibility index (Phi) is 5.10. The molecule has 2 aromatic rings. The first-order chi connectivity index (χ1) is 9.24. The largest absolute Gasteiger partial charge is 0.396 e. The van der Waals surface area contributed by atoms with Gasteiger partial charge in [-0.05, 0) is 30.9 Å². The van der Waals surface area contributed by atoms with Crippen molar-refractivity contribution >= 4 is 15.9 Å². The lowest BCUT2D eigenvalue weighted by Gasteiger charge is -2.15. The molecule has 0 saturated heterocycles. The number of aliphatic hydroxyl groups excluding tert-OH is 1. The van der Waals surface area contributed by atoms with Gasteiger partial charge in [0.05, 0.1) is 0 Å². The summed E-state index contributed by atoms with van der Waals surface area (Å²) in [5.74, 6) is 1.10. The Bertz CT molecular complexity index is 527. The van der Waals surface area contributed by atoms with Crippen molar-refractivity contribution in [3.05, 3.63) is 46.5 Å². The fourth-order valence-corrected chi connectivity index (χ4v) is 2.59. The summed E-state index contributed by atoms with van der Waals surface area (Å²) in [6.45, 7) is 3.00. The summed E-state index contributed by atoms with van der Waals surface area (Å²) in [5.41, 5.74) is 1.21. The maximum atomic E-state index is 9.57. The van der Waals surface area contributed by atoms with Gasteiger partial charge in [-0.25, -0.2) is 4.98 Å². The van der Waals surface area contributed by atoms with E-state index >= 15 is 0 Å². The number of hydrogen-bond acceptors (Lipinski definition) is 3. The molecule has 0 aliphatic heterocycles. The maximum absolute atomic E-state index is 9.57. The Labute approximate surface area is 121 Å². The van der Waals surface area contributed by atoms with Gasteiger partial charge in [0.1, 0.15) is 12.2 Å². The van der Waals surface area contributed by atoms with Crippen molar-refractivity contribution in [2.24, 2.45) is 5.92 Å². The smallest absolute Gasteiger partial charge is 0.138 e. The Morgan fingerprint density at radius 3 is 2.79 bits per heavy atom. The highest BCUT2D eigenvalue weighted by molar-refractivity contribution is 9.10. The van der Waals surface area contributed by atoms with Crippen LogP contribution in [0.25, 0.3) is 0 Å². The predicted octanol–water partition coefficient (Wildman–Crippen LogP) is 2.45. The lowest BCUT2D eigenvalue weighted by Crippen LogP contribution is -2.16. The van der Waals surface area contributed by atoms with E-state index < -0.39 is 0 Å². The van der Waals surface area contributed by atoms with Gasteiger partial charge in [0.15, 0.2) is 0 Å². The van der Waals surface area contributed by atoms with E-state index in [9.17, 15) is 5.11 Å². The average molecular weight is 324 g/mol. The molecule has 1 aromatic heterocycles. The first kappa shape index (κ1) is 14.2. The molecule has 0 bridgehead atoms. The van der Waals surface area contributed by atoms with Crippen LogP contribution in [-0.2, 0) is 19.4 Å². The fraction of sp³-hybridized carbons (Fsp3) is 0.429. The van der Waals surface area contributed by atoms with E-state index in [1.807, 2.05) is 29.8 Å². The lowest BCUT2D eigenvalue weighted by atomic mass is 9.96. The summed E-state index contributed by atoms with van der Waals surface area (Å²) in [7, 11) is 0. The van der Waals surface area contributed by atoms with Gasteiger partial charge in [0.2, 0.25) is 0 Å². The van der Waals surface area contributed by atoms with Gasteiger partial charge < -0.3 is 5.11 Å². The molecule has 19 heavy (non-hydrogen) atoms. The van der Waals surface area contributed by atoms with Crippen LogP contribution in [0.3, 0.4) is 0 Å². The topological polar surface area (TPSA) is 50.9 Å². The zero-order chi connectivity index (χ0) is 13.7. The quantitative estimate of drug-likeness (QED) is 0.888. The third-order valence-electron chi connectivity index (χ3n) is 3.19. The van der Waals surface area contributed by atoms with E-state index in [4.69, 9.17) is 0 Å². The molecule has 0 fully saturated rings. The number of aliphatic hydroxyl groups is 1. The normalized spacial score (nSPS) is 12.6. The van der Waals surface area contributed by atoms with Crippen molar-refractivity contribution in [2.75, 3.05) is 6.61 Å². The van der Waals surface area contributed by atoms with Crippen LogP contribution in [0.1, 0.15) is 18.3 Å². The second kappa shape index (κ2) is 6.82. The highest BCUT2D eigenvalue weighted by atomic mass is 79.9. The van der Waals surface area contributed by atoms with E-state index in [-0.39, 0.29) is 12.5 Å². The van der Waals surface area contributed by atoms with E-state index in [2.05, 4.69) is 32.1 Å². The molecule has 1 heterocycles.